The van der Waals surface area contributed by atoms with E-state index in [1.807, 2.05) is 13.8 Å². The first-order chi connectivity index (χ1) is 7.84. The van der Waals surface area contributed by atoms with Gasteiger partial charge in [-0.2, -0.15) is 0 Å². The first kappa shape index (κ1) is 13.8. The molecule has 2 N–H and O–H groups in total. The van der Waals surface area contributed by atoms with Crippen molar-refractivity contribution in [3.05, 3.63) is 18.5 Å². The van der Waals surface area contributed by atoms with E-state index < -0.39 is 10.0 Å². The van der Waals surface area contributed by atoms with E-state index in [2.05, 4.69) is 4.98 Å². The Bertz CT molecular complexity index is 471. The molecule has 0 atom stereocenters. The molecule has 0 aliphatic carbocycles. The molecule has 0 spiro atoms. The Morgan fingerprint density at radius 2 is 2.12 bits per heavy atom. The largest absolute Gasteiger partial charge is 0.396 e. The highest BCUT2D eigenvalue weighted by Gasteiger charge is 2.20. The minimum atomic E-state index is -3.31. The molecule has 5 nitrogen and oxygen atoms in total. The van der Waals surface area contributed by atoms with Crippen LogP contribution in [0.15, 0.2) is 18.5 Å². The lowest BCUT2D eigenvalue weighted by Gasteiger charge is -2.21. The SMILES string of the molecule is CC(C)CCS(=O)(=O)N(C)c1ccncc1N. The highest BCUT2D eigenvalue weighted by molar-refractivity contribution is 7.92. The predicted octanol–water partition coefficient (Wildman–Crippen LogP) is 1.48. The van der Waals surface area contributed by atoms with Crippen LogP contribution in [-0.2, 0) is 10.0 Å². The number of hydrogen-bond donors (Lipinski definition) is 1. The highest BCUT2D eigenvalue weighted by atomic mass is 32.2. The van der Waals surface area contributed by atoms with E-state index in [1.54, 1.807) is 6.07 Å². The van der Waals surface area contributed by atoms with Gasteiger partial charge in [0.2, 0.25) is 10.0 Å². The Labute approximate surface area is 103 Å². The van der Waals surface area contributed by atoms with E-state index in [0.717, 1.165) is 0 Å². The summed E-state index contributed by atoms with van der Waals surface area (Å²) in [4.78, 5) is 3.84. The normalized spacial score (nSPS) is 11.8. The molecule has 1 aromatic heterocycles. The summed E-state index contributed by atoms with van der Waals surface area (Å²) in [7, 11) is -1.79. The van der Waals surface area contributed by atoms with Gasteiger partial charge in [-0.1, -0.05) is 13.8 Å². The summed E-state index contributed by atoms with van der Waals surface area (Å²) in [5, 5.41) is 0. The number of hydrogen-bond acceptors (Lipinski definition) is 4. The van der Waals surface area contributed by atoms with E-state index in [-0.39, 0.29) is 5.75 Å². The third-order valence-electron chi connectivity index (χ3n) is 2.54. The molecular weight excluding hydrogens is 238 g/mol. The number of aromatic nitrogens is 1. The zero-order valence-electron chi connectivity index (χ0n) is 10.4. The fraction of sp³-hybridized carbons (Fsp3) is 0.545. The third kappa shape index (κ3) is 3.59. The highest BCUT2D eigenvalue weighted by Crippen LogP contribution is 2.23. The summed E-state index contributed by atoms with van der Waals surface area (Å²) in [6, 6.07) is 1.60. The maximum atomic E-state index is 12.0. The topological polar surface area (TPSA) is 76.3 Å². The van der Waals surface area contributed by atoms with E-state index in [9.17, 15) is 8.42 Å². The van der Waals surface area contributed by atoms with Crippen molar-refractivity contribution in [2.45, 2.75) is 20.3 Å². The van der Waals surface area contributed by atoms with Gasteiger partial charge in [-0.3, -0.25) is 9.29 Å². The molecule has 0 saturated carbocycles. The second kappa shape index (κ2) is 5.35. The minimum Gasteiger partial charge on any atom is -0.396 e. The number of nitrogens with two attached hydrogens (primary N) is 1. The Hall–Kier alpha value is -1.30. The molecule has 0 unspecified atom stereocenters. The van der Waals surface area contributed by atoms with Gasteiger partial charge in [-0.05, 0) is 18.4 Å². The quantitative estimate of drug-likeness (QED) is 0.866. The average molecular weight is 257 g/mol. The van der Waals surface area contributed by atoms with Gasteiger partial charge in [-0.15, -0.1) is 0 Å². The molecule has 0 radical (unpaired) electrons. The van der Waals surface area contributed by atoms with Gasteiger partial charge in [0, 0.05) is 13.2 Å². The maximum absolute atomic E-state index is 12.0. The second-order valence-corrected chi connectivity index (χ2v) is 6.52. The van der Waals surface area contributed by atoms with Crippen LogP contribution in [0.4, 0.5) is 11.4 Å². The molecule has 0 amide bonds. The zero-order chi connectivity index (χ0) is 13.1. The van der Waals surface area contributed by atoms with Crippen LogP contribution in [0.1, 0.15) is 20.3 Å². The number of rotatable bonds is 5. The number of nitrogens with zero attached hydrogens (tertiary/aromatic N) is 2. The molecule has 0 aromatic carbocycles. The summed E-state index contributed by atoms with van der Waals surface area (Å²) in [5.41, 5.74) is 6.55. The van der Waals surface area contributed by atoms with Gasteiger partial charge in [0.25, 0.3) is 0 Å². The Balaban J connectivity index is 2.89. The summed E-state index contributed by atoms with van der Waals surface area (Å²) >= 11 is 0. The van der Waals surface area contributed by atoms with Crippen LogP contribution >= 0.6 is 0 Å². The molecule has 1 heterocycles. The predicted molar refractivity (Wildman–Crippen MR) is 70.3 cm³/mol. The fourth-order valence-corrected chi connectivity index (χ4v) is 2.87. The van der Waals surface area contributed by atoms with Gasteiger partial charge in [-0.25, -0.2) is 8.42 Å². The van der Waals surface area contributed by atoms with Crippen LogP contribution in [0.5, 0.6) is 0 Å². The van der Waals surface area contributed by atoms with Crippen LogP contribution in [-0.4, -0.2) is 26.2 Å². The molecule has 6 heteroatoms. The van der Waals surface area contributed by atoms with Crippen LogP contribution in [0.2, 0.25) is 0 Å². The maximum Gasteiger partial charge on any atom is 0.234 e. The lowest BCUT2D eigenvalue weighted by molar-refractivity contribution is 0.572. The number of anilines is 2. The van der Waals surface area contributed by atoms with E-state index in [1.165, 1.54) is 23.7 Å². The summed E-state index contributed by atoms with van der Waals surface area (Å²) in [5.74, 6) is 0.483. The van der Waals surface area contributed by atoms with Crippen molar-refractivity contribution >= 4 is 21.4 Å². The van der Waals surface area contributed by atoms with Crippen molar-refractivity contribution in [3.8, 4) is 0 Å². The lowest BCUT2D eigenvalue weighted by Crippen LogP contribution is -2.30. The molecule has 96 valence electrons. The Morgan fingerprint density at radius 3 is 2.65 bits per heavy atom. The van der Waals surface area contributed by atoms with Crippen molar-refractivity contribution in [3.63, 3.8) is 0 Å². The van der Waals surface area contributed by atoms with Gasteiger partial charge in [0.1, 0.15) is 0 Å². The molecule has 0 bridgehead atoms. The molecule has 1 rings (SSSR count). The van der Waals surface area contributed by atoms with Gasteiger partial charge in [0.05, 0.1) is 23.3 Å². The zero-order valence-corrected chi connectivity index (χ0v) is 11.2. The summed E-state index contributed by atoms with van der Waals surface area (Å²) in [6.45, 7) is 3.99. The molecule has 0 fully saturated rings. The van der Waals surface area contributed by atoms with Crippen LogP contribution in [0.3, 0.4) is 0 Å². The first-order valence-electron chi connectivity index (χ1n) is 5.50. The van der Waals surface area contributed by atoms with Gasteiger partial charge < -0.3 is 5.73 Å². The molecule has 0 aliphatic heterocycles. The molecule has 0 aliphatic rings. The minimum absolute atomic E-state index is 0.128. The number of sulfonamides is 1. The Kier molecular flexibility index (Phi) is 4.34. The molecule has 0 saturated heterocycles. The Morgan fingerprint density at radius 1 is 1.47 bits per heavy atom. The number of nitrogen functional groups attached to an aromatic ring is 1. The van der Waals surface area contributed by atoms with Crippen LogP contribution in [0.25, 0.3) is 0 Å². The van der Waals surface area contributed by atoms with Gasteiger partial charge >= 0.3 is 0 Å². The van der Waals surface area contributed by atoms with Crippen molar-refractivity contribution in [1.82, 2.24) is 4.98 Å². The fourth-order valence-electron chi connectivity index (χ4n) is 1.36. The summed E-state index contributed by atoms with van der Waals surface area (Å²) < 4.78 is 25.3. The average Bonchev–Trinajstić information content (AvgIpc) is 2.26. The van der Waals surface area contributed by atoms with E-state index in [0.29, 0.717) is 23.7 Å². The second-order valence-electron chi connectivity index (χ2n) is 4.40. The molecule has 17 heavy (non-hydrogen) atoms. The third-order valence-corrected chi connectivity index (χ3v) is 4.32. The number of pyridine rings is 1. The van der Waals surface area contributed by atoms with Crippen LogP contribution in [0, 0.1) is 5.92 Å². The van der Waals surface area contributed by atoms with Crippen molar-refractivity contribution in [1.29, 1.82) is 0 Å². The van der Waals surface area contributed by atoms with E-state index in [4.69, 9.17) is 5.73 Å². The van der Waals surface area contributed by atoms with Crippen molar-refractivity contribution in [2.75, 3.05) is 22.8 Å². The van der Waals surface area contributed by atoms with Crippen LogP contribution < -0.4 is 10.0 Å². The molecule has 1 aromatic rings. The van der Waals surface area contributed by atoms with Gasteiger partial charge in [0.15, 0.2) is 0 Å². The standard InChI is InChI=1S/C11H19N3O2S/c1-9(2)5-7-17(15,16)14(3)11-4-6-13-8-10(11)12/h4,6,8-9H,5,7,12H2,1-3H3. The van der Waals surface area contributed by atoms with Crippen molar-refractivity contribution < 1.29 is 8.42 Å². The first-order valence-corrected chi connectivity index (χ1v) is 7.11. The summed E-state index contributed by atoms with van der Waals surface area (Å²) in [6.07, 6.45) is 3.61. The lowest BCUT2D eigenvalue weighted by atomic mass is 10.2. The van der Waals surface area contributed by atoms with Crippen molar-refractivity contribution in [2.24, 2.45) is 5.92 Å². The van der Waals surface area contributed by atoms with E-state index >= 15 is 0 Å². The smallest absolute Gasteiger partial charge is 0.234 e. The molecular formula is C11H19N3O2S. The monoisotopic (exact) mass is 257 g/mol.